The van der Waals surface area contributed by atoms with Gasteiger partial charge in [-0.3, -0.25) is 0 Å². The van der Waals surface area contributed by atoms with Crippen molar-refractivity contribution in [2.45, 2.75) is 45.1 Å². The summed E-state index contributed by atoms with van der Waals surface area (Å²) in [5.41, 5.74) is 0.946. The Bertz CT molecular complexity index is 464. The zero-order valence-corrected chi connectivity index (χ0v) is 12.8. The summed E-state index contributed by atoms with van der Waals surface area (Å²) in [5, 5.41) is 3.92. The Balaban J connectivity index is 1.73. The molecule has 0 aromatic heterocycles. The molecule has 0 aliphatic heterocycles. The molecular weight excluding hydrogens is 273 g/mol. The van der Waals surface area contributed by atoms with Crippen molar-refractivity contribution in [3.05, 3.63) is 34.6 Å². The van der Waals surface area contributed by atoms with Crippen LogP contribution in [-0.2, 0) is 6.42 Å². The molecular formula is C17H23ClFN. The summed E-state index contributed by atoms with van der Waals surface area (Å²) in [6.07, 6.45) is 6.39. The average molecular weight is 296 g/mol. The van der Waals surface area contributed by atoms with Crippen molar-refractivity contribution in [2.75, 3.05) is 6.54 Å². The highest BCUT2D eigenvalue weighted by Crippen LogP contribution is 2.57. The van der Waals surface area contributed by atoms with Gasteiger partial charge in [0.25, 0.3) is 0 Å². The van der Waals surface area contributed by atoms with Crippen LogP contribution in [-0.4, -0.2) is 12.6 Å². The first-order valence-corrected chi connectivity index (χ1v) is 8.26. The lowest BCUT2D eigenvalue weighted by Crippen LogP contribution is -2.34. The van der Waals surface area contributed by atoms with Crippen LogP contribution in [0.3, 0.4) is 0 Å². The molecule has 1 aromatic rings. The number of fused-ring (bicyclic) bond motifs is 1. The fourth-order valence-corrected chi connectivity index (χ4v) is 4.40. The normalized spacial score (nSPS) is 29.9. The minimum Gasteiger partial charge on any atom is -0.314 e. The SMILES string of the molecule is CCNC(Cc1cccc(F)c1Cl)C1C2CCCCC21. The van der Waals surface area contributed by atoms with Gasteiger partial charge < -0.3 is 5.32 Å². The molecule has 0 amide bonds. The van der Waals surface area contributed by atoms with Crippen LogP contribution in [0.25, 0.3) is 0 Å². The molecule has 3 rings (SSSR count). The molecule has 0 radical (unpaired) electrons. The third kappa shape index (κ3) is 2.73. The van der Waals surface area contributed by atoms with E-state index in [1.807, 2.05) is 6.07 Å². The lowest BCUT2D eigenvalue weighted by molar-refractivity contribution is 0.437. The average Bonchev–Trinajstić information content (AvgIpc) is 3.17. The Morgan fingerprint density at radius 1 is 1.30 bits per heavy atom. The van der Waals surface area contributed by atoms with E-state index in [-0.39, 0.29) is 5.82 Å². The maximum absolute atomic E-state index is 13.6. The van der Waals surface area contributed by atoms with Crippen molar-refractivity contribution >= 4 is 11.6 Å². The Hall–Kier alpha value is -0.600. The first kappa shape index (κ1) is 14.3. The Morgan fingerprint density at radius 2 is 2.00 bits per heavy atom. The highest BCUT2D eigenvalue weighted by Gasteiger charge is 2.53. The smallest absolute Gasteiger partial charge is 0.142 e. The van der Waals surface area contributed by atoms with E-state index in [2.05, 4.69) is 12.2 Å². The van der Waals surface area contributed by atoms with Gasteiger partial charge in [0, 0.05) is 6.04 Å². The standard InChI is InChI=1S/C17H23ClFN/c1-2-20-15(16-12-7-3-4-8-13(12)16)10-11-6-5-9-14(19)17(11)18/h5-6,9,12-13,15-16,20H,2-4,7-8,10H2,1H3. The molecule has 2 aliphatic rings. The van der Waals surface area contributed by atoms with Crippen LogP contribution in [0, 0.1) is 23.6 Å². The van der Waals surface area contributed by atoms with Crippen LogP contribution in [0.1, 0.15) is 38.2 Å². The summed E-state index contributed by atoms with van der Waals surface area (Å²) in [7, 11) is 0. The Labute approximate surface area is 125 Å². The van der Waals surface area contributed by atoms with Crippen molar-refractivity contribution in [2.24, 2.45) is 17.8 Å². The minimum absolute atomic E-state index is 0.298. The van der Waals surface area contributed by atoms with Crippen LogP contribution >= 0.6 is 11.6 Å². The lowest BCUT2D eigenvalue weighted by Gasteiger charge is -2.19. The maximum Gasteiger partial charge on any atom is 0.142 e. The molecule has 3 heteroatoms. The number of nitrogens with one attached hydrogen (secondary N) is 1. The quantitative estimate of drug-likeness (QED) is 0.847. The van der Waals surface area contributed by atoms with E-state index in [0.717, 1.165) is 36.3 Å². The van der Waals surface area contributed by atoms with E-state index < -0.39 is 0 Å². The van der Waals surface area contributed by atoms with Gasteiger partial charge in [0.1, 0.15) is 5.82 Å². The van der Waals surface area contributed by atoms with Gasteiger partial charge in [-0.15, -0.1) is 0 Å². The van der Waals surface area contributed by atoms with Crippen LogP contribution in [0.2, 0.25) is 5.02 Å². The third-order valence-corrected chi connectivity index (χ3v) is 5.55. The zero-order valence-electron chi connectivity index (χ0n) is 12.0. The zero-order chi connectivity index (χ0) is 14.1. The predicted octanol–water partition coefficient (Wildman–Crippen LogP) is 4.44. The number of hydrogen-bond acceptors (Lipinski definition) is 1. The summed E-state index contributed by atoms with van der Waals surface area (Å²) in [4.78, 5) is 0. The molecule has 3 atom stereocenters. The van der Waals surface area contributed by atoms with Crippen LogP contribution in [0.15, 0.2) is 18.2 Å². The van der Waals surface area contributed by atoms with E-state index >= 15 is 0 Å². The van der Waals surface area contributed by atoms with Crippen LogP contribution in [0.5, 0.6) is 0 Å². The van der Waals surface area contributed by atoms with Gasteiger partial charge in [-0.05, 0) is 55.2 Å². The molecule has 1 nitrogen and oxygen atoms in total. The minimum atomic E-state index is -0.298. The van der Waals surface area contributed by atoms with Crippen LogP contribution < -0.4 is 5.32 Å². The van der Waals surface area contributed by atoms with Gasteiger partial charge >= 0.3 is 0 Å². The second-order valence-electron chi connectivity index (χ2n) is 6.27. The molecule has 0 spiro atoms. The van der Waals surface area contributed by atoms with E-state index in [1.165, 1.54) is 31.7 Å². The summed E-state index contributed by atoms with van der Waals surface area (Å²) < 4.78 is 13.6. The van der Waals surface area contributed by atoms with E-state index in [1.54, 1.807) is 6.07 Å². The molecule has 2 fully saturated rings. The van der Waals surface area contributed by atoms with E-state index in [9.17, 15) is 4.39 Å². The summed E-state index contributed by atoms with van der Waals surface area (Å²) in [6.45, 7) is 3.11. The number of likely N-dealkylation sites (N-methyl/N-ethyl adjacent to an activating group) is 1. The molecule has 0 bridgehead atoms. The molecule has 0 saturated heterocycles. The van der Waals surface area contributed by atoms with Gasteiger partial charge in [0.2, 0.25) is 0 Å². The number of halogens is 2. The molecule has 1 N–H and O–H groups in total. The van der Waals surface area contributed by atoms with Crippen molar-refractivity contribution in [1.29, 1.82) is 0 Å². The van der Waals surface area contributed by atoms with Crippen molar-refractivity contribution < 1.29 is 4.39 Å². The monoisotopic (exact) mass is 295 g/mol. The highest BCUT2D eigenvalue weighted by atomic mass is 35.5. The first-order chi connectivity index (χ1) is 9.72. The lowest BCUT2D eigenvalue weighted by atomic mass is 9.99. The van der Waals surface area contributed by atoms with Crippen molar-refractivity contribution in [3.8, 4) is 0 Å². The van der Waals surface area contributed by atoms with Gasteiger partial charge in [0.05, 0.1) is 5.02 Å². The fraction of sp³-hybridized carbons (Fsp3) is 0.647. The maximum atomic E-state index is 13.6. The number of rotatable bonds is 5. The van der Waals surface area contributed by atoms with Crippen molar-refractivity contribution in [1.82, 2.24) is 5.32 Å². The summed E-state index contributed by atoms with van der Waals surface area (Å²) >= 11 is 6.11. The Morgan fingerprint density at radius 3 is 2.65 bits per heavy atom. The number of hydrogen-bond donors (Lipinski definition) is 1. The fourth-order valence-electron chi connectivity index (χ4n) is 4.19. The van der Waals surface area contributed by atoms with Crippen molar-refractivity contribution in [3.63, 3.8) is 0 Å². The summed E-state index contributed by atoms with van der Waals surface area (Å²) in [6, 6.07) is 5.61. The summed E-state index contributed by atoms with van der Waals surface area (Å²) in [5.74, 6) is 2.28. The third-order valence-electron chi connectivity index (χ3n) is 5.13. The molecule has 2 aliphatic carbocycles. The molecule has 20 heavy (non-hydrogen) atoms. The largest absolute Gasteiger partial charge is 0.314 e. The molecule has 110 valence electrons. The number of benzene rings is 1. The van der Waals surface area contributed by atoms with E-state index in [4.69, 9.17) is 11.6 Å². The van der Waals surface area contributed by atoms with E-state index in [0.29, 0.717) is 11.1 Å². The van der Waals surface area contributed by atoms with Gasteiger partial charge in [-0.1, -0.05) is 43.5 Å². The predicted molar refractivity (Wildman–Crippen MR) is 81.5 cm³/mol. The second kappa shape index (κ2) is 6.03. The topological polar surface area (TPSA) is 12.0 Å². The molecule has 2 saturated carbocycles. The molecule has 0 heterocycles. The Kier molecular flexibility index (Phi) is 4.32. The van der Waals surface area contributed by atoms with Gasteiger partial charge in [-0.25, -0.2) is 4.39 Å². The second-order valence-corrected chi connectivity index (χ2v) is 6.65. The highest BCUT2D eigenvalue weighted by molar-refractivity contribution is 6.31. The van der Waals surface area contributed by atoms with Gasteiger partial charge in [0.15, 0.2) is 0 Å². The first-order valence-electron chi connectivity index (χ1n) is 7.88. The van der Waals surface area contributed by atoms with Crippen LogP contribution in [0.4, 0.5) is 4.39 Å². The molecule has 1 aromatic carbocycles. The molecule has 3 unspecified atom stereocenters. The van der Waals surface area contributed by atoms with Gasteiger partial charge in [-0.2, -0.15) is 0 Å².